The topological polar surface area (TPSA) is 95.6 Å². The maximum atomic E-state index is 11.7. The Labute approximate surface area is 107 Å². The van der Waals surface area contributed by atoms with E-state index in [1.54, 1.807) is 0 Å². The van der Waals surface area contributed by atoms with Crippen LogP contribution in [0.15, 0.2) is 18.2 Å². The van der Waals surface area contributed by atoms with E-state index in [0.29, 0.717) is 13.1 Å². The van der Waals surface area contributed by atoms with Crippen molar-refractivity contribution in [1.82, 2.24) is 5.32 Å². The second-order valence-electron chi connectivity index (χ2n) is 4.16. The van der Waals surface area contributed by atoms with E-state index in [9.17, 15) is 9.90 Å². The molecule has 0 aliphatic heterocycles. The van der Waals surface area contributed by atoms with E-state index in [4.69, 9.17) is 10.8 Å². The number of hydrogen-bond acceptors (Lipinski definition) is 4. The summed E-state index contributed by atoms with van der Waals surface area (Å²) in [5, 5.41) is 21.3. The Morgan fingerprint density at radius 1 is 1.17 bits per heavy atom. The zero-order valence-corrected chi connectivity index (χ0v) is 10.4. The first-order valence-electron chi connectivity index (χ1n) is 6.15. The smallest absolute Gasteiger partial charge is 0.255 e. The summed E-state index contributed by atoms with van der Waals surface area (Å²) in [7, 11) is 0. The summed E-state index contributed by atoms with van der Waals surface area (Å²) >= 11 is 0. The molecule has 0 fully saturated rings. The van der Waals surface area contributed by atoms with Gasteiger partial charge in [0, 0.05) is 12.6 Å². The van der Waals surface area contributed by atoms with E-state index >= 15 is 0 Å². The number of carbonyl (C=O) groups excluding carboxylic acids is 1. The maximum absolute atomic E-state index is 11.7. The first-order chi connectivity index (χ1) is 8.65. The highest BCUT2D eigenvalue weighted by Gasteiger charge is 2.10. The molecule has 0 radical (unpaired) electrons. The molecule has 0 saturated carbocycles. The average molecular weight is 252 g/mol. The molecule has 5 N–H and O–H groups in total. The molecule has 0 aliphatic carbocycles. The Bertz CT molecular complexity index is 394. The molecule has 1 aromatic carbocycles. The minimum atomic E-state index is -0.327. The Morgan fingerprint density at radius 2 is 1.89 bits per heavy atom. The molecule has 0 heterocycles. The molecule has 0 bridgehead atoms. The van der Waals surface area contributed by atoms with Gasteiger partial charge in [0.05, 0.1) is 5.56 Å². The number of phenols is 2. The number of aromatic hydroxyl groups is 2. The minimum Gasteiger partial charge on any atom is -0.508 e. The standard InChI is InChI=1S/C13H20N2O3/c14-7-3-1-2-4-8-15-13(18)11-6-5-10(16)9-12(11)17/h5-6,9,16-17H,1-4,7-8,14H2,(H,15,18). The van der Waals surface area contributed by atoms with Crippen LogP contribution in [0.5, 0.6) is 11.5 Å². The van der Waals surface area contributed by atoms with E-state index in [1.807, 2.05) is 0 Å². The van der Waals surface area contributed by atoms with Gasteiger partial charge in [-0.25, -0.2) is 0 Å². The van der Waals surface area contributed by atoms with Gasteiger partial charge in [0.25, 0.3) is 5.91 Å². The van der Waals surface area contributed by atoms with Crippen molar-refractivity contribution in [3.8, 4) is 11.5 Å². The Hall–Kier alpha value is -1.75. The van der Waals surface area contributed by atoms with Crippen LogP contribution in [0, 0.1) is 0 Å². The van der Waals surface area contributed by atoms with Crippen LogP contribution in [-0.2, 0) is 0 Å². The lowest BCUT2D eigenvalue weighted by Gasteiger charge is -2.07. The normalized spacial score (nSPS) is 10.3. The third-order valence-corrected chi connectivity index (χ3v) is 2.64. The van der Waals surface area contributed by atoms with Gasteiger partial charge in [-0.1, -0.05) is 12.8 Å². The second-order valence-corrected chi connectivity index (χ2v) is 4.16. The van der Waals surface area contributed by atoms with E-state index < -0.39 is 0 Å². The van der Waals surface area contributed by atoms with E-state index in [1.165, 1.54) is 12.1 Å². The lowest BCUT2D eigenvalue weighted by atomic mass is 10.1. The zero-order chi connectivity index (χ0) is 13.4. The number of phenolic OH excluding ortho intramolecular Hbond substituents is 2. The average Bonchev–Trinajstić information content (AvgIpc) is 2.33. The molecule has 0 spiro atoms. The third-order valence-electron chi connectivity index (χ3n) is 2.64. The molecule has 1 rings (SSSR count). The van der Waals surface area contributed by atoms with Crippen molar-refractivity contribution in [2.24, 2.45) is 5.73 Å². The molecular formula is C13H20N2O3. The summed E-state index contributed by atoms with van der Waals surface area (Å²) in [6, 6.07) is 3.92. The van der Waals surface area contributed by atoms with Gasteiger partial charge in [0.1, 0.15) is 11.5 Å². The summed E-state index contributed by atoms with van der Waals surface area (Å²) in [6.07, 6.45) is 3.99. The fourth-order valence-electron chi connectivity index (χ4n) is 1.63. The van der Waals surface area contributed by atoms with Crippen molar-refractivity contribution in [1.29, 1.82) is 0 Å². The van der Waals surface area contributed by atoms with Crippen LogP contribution in [-0.4, -0.2) is 29.2 Å². The van der Waals surface area contributed by atoms with Crippen molar-refractivity contribution < 1.29 is 15.0 Å². The van der Waals surface area contributed by atoms with Gasteiger partial charge in [-0.3, -0.25) is 4.79 Å². The summed E-state index contributed by atoms with van der Waals surface area (Å²) < 4.78 is 0. The minimum absolute atomic E-state index is 0.0640. The van der Waals surface area contributed by atoms with E-state index in [2.05, 4.69) is 5.32 Å². The molecule has 0 aliphatic rings. The van der Waals surface area contributed by atoms with E-state index in [-0.39, 0.29) is 23.0 Å². The summed E-state index contributed by atoms with van der Waals surface area (Å²) in [5.41, 5.74) is 5.55. The molecule has 0 aromatic heterocycles. The summed E-state index contributed by atoms with van der Waals surface area (Å²) in [6.45, 7) is 1.28. The van der Waals surface area contributed by atoms with Gasteiger partial charge in [0.15, 0.2) is 0 Å². The second kappa shape index (κ2) is 7.55. The van der Waals surface area contributed by atoms with Gasteiger partial charge in [-0.15, -0.1) is 0 Å². The highest BCUT2D eigenvalue weighted by Crippen LogP contribution is 2.22. The zero-order valence-electron chi connectivity index (χ0n) is 10.4. The first-order valence-corrected chi connectivity index (χ1v) is 6.15. The van der Waals surface area contributed by atoms with Crippen LogP contribution in [0.1, 0.15) is 36.0 Å². The predicted octanol–water partition coefficient (Wildman–Crippen LogP) is 1.35. The highest BCUT2D eigenvalue weighted by molar-refractivity contribution is 5.96. The van der Waals surface area contributed by atoms with Crippen molar-refractivity contribution in [3.05, 3.63) is 23.8 Å². The van der Waals surface area contributed by atoms with E-state index in [0.717, 1.165) is 31.7 Å². The largest absolute Gasteiger partial charge is 0.508 e. The van der Waals surface area contributed by atoms with Crippen LogP contribution in [0.2, 0.25) is 0 Å². The molecular weight excluding hydrogens is 232 g/mol. The molecule has 0 atom stereocenters. The molecule has 5 heteroatoms. The SMILES string of the molecule is NCCCCCCNC(=O)c1ccc(O)cc1O. The lowest BCUT2D eigenvalue weighted by molar-refractivity contribution is 0.0950. The molecule has 100 valence electrons. The van der Waals surface area contributed by atoms with Crippen LogP contribution in [0.4, 0.5) is 0 Å². The van der Waals surface area contributed by atoms with Gasteiger partial charge in [-0.2, -0.15) is 0 Å². The molecule has 0 saturated heterocycles. The molecule has 1 aromatic rings. The monoisotopic (exact) mass is 252 g/mol. The molecule has 18 heavy (non-hydrogen) atoms. The van der Waals surface area contributed by atoms with Crippen molar-refractivity contribution in [2.45, 2.75) is 25.7 Å². The van der Waals surface area contributed by atoms with Crippen molar-refractivity contribution in [2.75, 3.05) is 13.1 Å². The van der Waals surface area contributed by atoms with Crippen molar-refractivity contribution in [3.63, 3.8) is 0 Å². The number of benzene rings is 1. The number of nitrogens with two attached hydrogens (primary N) is 1. The van der Waals surface area contributed by atoms with Crippen LogP contribution in [0.25, 0.3) is 0 Å². The number of unbranched alkanes of at least 4 members (excludes halogenated alkanes) is 3. The summed E-state index contributed by atoms with van der Waals surface area (Å²) in [5.74, 6) is -0.604. The molecule has 0 unspecified atom stereocenters. The van der Waals surface area contributed by atoms with Crippen molar-refractivity contribution >= 4 is 5.91 Å². The van der Waals surface area contributed by atoms with Gasteiger partial charge >= 0.3 is 0 Å². The molecule has 5 nitrogen and oxygen atoms in total. The third kappa shape index (κ3) is 4.63. The van der Waals surface area contributed by atoms with Crippen LogP contribution >= 0.6 is 0 Å². The Balaban J connectivity index is 2.32. The number of carbonyl (C=O) groups is 1. The first kappa shape index (κ1) is 14.3. The summed E-state index contributed by atoms with van der Waals surface area (Å²) in [4.78, 5) is 11.7. The maximum Gasteiger partial charge on any atom is 0.255 e. The van der Waals surface area contributed by atoms with Crippen LogP contribution in [0.3, 0.4) is 0 Å². The Kier molecular flexibility index (Phi) is 6.00. The highest BCUT2D eigenvalue weighted by atomic mass is 16.3. The van der Waals surface area contributed by atoms with Gasteiger partial charge in [0.2, 0.25) is 0 Å². The number of hydrogen-bond donors (Lipinski definition) is 4. The fraction of sp³-hybridized carbons (Fsp3) is 0.462. The number of amides is 1. The fourth-order valence-corrected chi connectivity index (χ4v) is 1.63. The number of nitrogens with one attached hydrogen (secondary N) is 1. The predicted molar refractivity (Wildman–Crippen MR) is 69.6 cm³/mol. The quantitative estimate of drug-likeness (QED) is 0.551. The van der Waals surface area contributed by atoms with Gasteiger partial charge in [-0.05, 0) is 31.5 Å². The lowest BCUT2D eigenvalue weighted by Crippen LogP contribution is -2.24. The molecule has 1 amide bonds. The number of rotatable bonds is 7. The van der Waals surface area contributed by atoms with Gasteiger partial charge < -0.3 is 21.3 Å². The Morgan fingerprint density at radius 3 is 2.56 bits per heavy atom. The van der Waals surface area contributed by atoms with Crippen LogP contribution < -0.4 is 11.1 Å².